The van der Waals surface area contributed by atoms with E-state index in [-0.39, 0.29) is 5.75 Å². The van der Waals surface area contributed by atoms with Crippen LogP contribution in [0.3, 0.4) is 0 Å². The first kappa shape index (κ1) is 7.89. The molecule has 0 fully saturated rings. The van der Waals surface area contributed by atoms with Gasteiger partial charge in [-0.15, -0.1) is 0 Å². The van der Waals surface area contributed by atoms with Crippen LogP contribution < -0.4 is 0 Å². The molecular formula is C7H6BrClO. The normalized spacial score (nSPS) is 9.80. The minimum absolute atomic E-state index is 0.138. The standard InChI is InChI=1S/C7H6BrClO/c8-4-5-2-1-3-6(10)7(5)9/h1-3,10H,4H2. The summed E-state index contributed by atoms with van der Waals surface area (Å²) in [5.74, 6) is 0.138. The van der Waals surface area contributed by atoms with Gasteiger partial charge < -0.3 is 5.11 Å². The molecule has 1 nitrogen and oxygen atoms in total. The summed E-state index contributed by atoms with van der Waals surface area (Å²) in [6, 6.07) is 5.18. The van der Waals surface area contributed by atoms with E-state index in [1.165, 1.54) is 0 Å². The van der Waals surface area contributed by atoms with Crippen molar-refractivity contribution < 1.29 is 5.11 Å². The molecule has 0 aliphatic rings. The van der Waals surface area contributed by atoms with Gasteiger partial charge in [-0.2, -0.15) is 0 Å². The molecule has 0 heterocycles. The molecule has 0 radical (unpaired) electrons. The van der Waals surface area contributed by atoms with Crippen molar-refractivity contribution in [2.45, 2.75) is 5.33 Å². The summed E-state index contributed by atoms with van der Waals surface area (Å²) >= 11 is 8.96. The minimum Gasteiger partial charge on any atom is -0.506 e. The Morgan fingerprint density at radius 3 is 2.70 bits per heavy atom. The van der Waals surface area contributed by atoms with Crippen LogP contribution in [0.25, 0.3) is 0 Å². The molecule has 0 aliphatic carbocycles. The lowest BCUT2D eigenvalue weighted by atomic mass is 10.2. The summed E-state index contributed by atoms with van der Waals surface area (Å²) in [5.41, 5.74) is 0.904. The maximum absolute atomic E-state index is 9.08. The average Bonchev–Trinajstić information content (AvgIpc) is 1.95. The van der Waals surface area contributed by atoms with Crippen molar-refractivity contribution in [2.75, 3.05) is 0 Å². The van der Waals surface area contributed by atoms with Crippen LogP contribution in [0, 0.1) is 0 Å². The van der Waals surface area contributed by atoms with E-state index in [0.717, 1.165) is 5.56 Å². The zero-order valence-electron chi connectivity index (χ0n) is 5.14. The van der Waals surface area contributed by atoms with Crippen molar-refractivity contribution in [1.29, 1.82) is 0 Å². The molecule has 0 spiro atoms. The maximum atomic E-state index is 9.08. The summed E-state index contributed by atoms with van der Waals surface area (Å²) < 4.78 is 0. The van der Waals surface area contributed by atoms with Crippen LogP contribution >= 0.6 is 27.5 Å². The number of phenolic OH excluding ortho intramolecular Hbond substituents is 1. The van der Waals surface area contributed by atoms with E-state index in [1.807, 2.05) is 6.07 Å². The molecule has 0 saturated carbocycles. The van der Waals surface area contributed by atoms with Crippen LogP contribution in [0.1, 0.15) is 5.56 Å². The van der Waals surface area contributed by atoms with Gasteiger partial charge in [-0.25, -0.2) is 0 Å². The Labute approximate surface area is 72.8 Å². The average molecular weight is 221 g/mol. The van der Waals surface area contributed by atoms with Gasteiger partial charge in [0.15, 0.2) is 0 Å². The van der Waals surface area contributed by atoms with Gasteiger partial charge in [0, 0.05) is 5.33 Å². The third kappa shape index (κ3) is 1.44. The van der Waals surface area contributed by atoms with Gasteiger partial charge in [-0.1, -0.05) is 39.7 Å². The van der Waals surface area contributed by atoms with Crippen molar-refractivity contribution in [3.63, 3.8) is 0 Å². The van der Waals surface area contributed by atoms with Gasteiger partial charge in [-0.3, -0.25) is 0 Å². The van der Waals surface area contributed by atoms with Crippen LogP contribution in [0.2, 0.25) is 5.02 Å². The fourth-order valence-electron chi connectivity index (χ4n) is 0.669. The minimum atomic E-state index is 0.138. The fraction of sp³-hybridized carbons (Fsp3) is 0.143. The van der Waals surface area contributed by atoms with E-state index in [9.17, 15) is 0 Å². The smallest absolute Gasteiger partial charge is 0.134 e. The Balaban J connectivity index is 3.14. The van der Waals surface area contributed by atoms with E-state index in [1.54, 1.807) is 12.1 Å². The molecule has 0 aromatic heterocycles. The predicted molar refractivity (Wildman–Crippen MR) is 45.7 cm³/mol. The molecule has 3 heteroatoms. The molecule has 0 saturated heterocycles. The van der Waals surface area contributed by atoms with E-state index in [0.29, 0.717) is 10.4 Å². The van der Waals surface area contributed by atoms with Crippen molar-refractivity contribution in [3.8, 4) is 5.75 Å². The molecule has 0 aliphatic heterocycles. The number of hydrogen-bond donors (Lipinski definition) is 1. The highest BCUT2D eigenvalue weighted by Crippen LogP contribution is 2.27. The Morgan fingerprint density at radius 1 is 1.50 bits per heavy atom. The highest BCUT2D eigenvalue weighted by molar-refractivity contribution is 9.08. The van der Waals surface area contributed by atoms with Crippen LogP contribution in [-0.4, -0.2) is 5.11 Å². The second-order valence-electron chi connectivity index (χ2n) is 1.88. The number of halogens is 2. The molecule has 10 heavy (non-hydrogen) atoms. The van der Waals surface area contributed by atoms with Gasteiger partial charge in [0.1, 0.15) is 5.75 Å². The maximum Gasteiger partial charge on any atom is 0.134 e. The highest BCUT2D eigenvalue weighted by atomic mass is 79.9. The largest absolute Gasteiger partial charge is 0.506 e. The molecule has 0 unspecified atom stereocenters. The van der Waals surface area contributed by atoms with Gasteiger partial charge in [0.05, 0.1) is 5.02 Å². The first-order valence-corrected chi connectivity index (χ1v) is 4.28. The molecule has 0 bridgehead atoms. The monoisotopic (exact) mass is 220 g/mol. The van der Waals surface area contributed by atoms with Crippen LogP contribution in [0.4, 0.5) is 0 Å². The highest BCUT2D eigenvalue weighted by Gasteiger charge is 2.01. The van der Waals surface area contributed by atoms with Gasteiger partial charge in [0.2, 0.25) is 0 Å². The van der Waals surface area contributed by atoms with Crippen molar-refractivity contribution in [1.82, 2.24) is 0 Å². The van der Waals surface area contributed by atoms with Crippen LogP contribution in [0.5, 0.6) is 5.75 Å². The lowest BCUT2D eigenvalue weighted by Gasteiger charge is -1.99. The molecule has 0 amide bonds. The Bertz CT molecular complexity index is 237. The number of phenols is 1. The summed E-state index contributed by atoms with van der Waals surface area (Å²) in [4.78, 5) is 0. The number of rotatable bonds is 1. The SMILES string of the molecule is Oc1cccc(CBr)c1Cl. The second-order valence-corrected chi connectivity index (χ2v) is 2.82. The number of benzene rings is 1. The summed E-state index contributed by atoms with van der Waals surface area (Å²) in [7, 11) is 0. The van der Waals surface area contributed by atoms with Gasteiger partial charge in [0.25, 0.3) is 0 Å². The zero-order chi connectivity index (χ0) is 7.56. The van der Waals surface area contributed by atoms with E-state index in [4.69, 9.17) is 16.7 Å². The molecular weight excluding hydrogens is 215 g/mol. The summed E-state index contributed by atoms with van der Waals surface area (Å²) in [5, 5.41) is 10.2. The molecule has 0 atom stereocenters. The van der Waals surface area contributed by atoms with Crippen molar-refractivity contribution >= 4 is 27.5 Å². The molecule has 1 rings (SSSR count). The predicted octanol–water partition coefficient (Wildman–Crippen LogP) is 2.94. The third-order valence-electron chi connectivity index (χ3n) is 1.20. The first-order valence-electron chi connectivity index (χ1n) is 2.78. The first-order chi connectivity index (χ1) is 4.75. The van der Waals surface area contributed by atoms with Gasteiger partial charge in [-0.05, 0) is 11.6 Å². The van der Waals surface area contributed by atoms with Crippen LogP contribution in [-0.2, 0) is 5.33 Å². The summed E-state index contributed by atoms with van der Waals surface area (Å²) in [6.07, 6.45) is 0. The van der Waals surface area contributed by atoms with E-state index in [2.05, 4.69) is 15.9 Å². The van der Waals surface area contributed by atoms with E-state index >= 15 is 0 Å². The Hall–Kier alpha value is -0.210. The lowest BCUT2D eigenvalue weighted by Crippen LogP contribution is -1.78. The molecule has 1 aromatic carbocycles. The zero-order valence-corrected chi connectivity index (χ0v) is 7.48. The van der Waals surface area contributed by atoms with Crippen LogP contribution in [0.15, 0.2) is 18.2 Å². The molecule has 1 N–H and O–H groups in total. The third-order valence-corrected chi connectivity index (χ3v) is 2.24. The second kappa shape index (κ2) is 3.26. The Morgan fingerprint density at radius 2 is 2.20 bits per heavy atom. The van der Waals surface area contributed by atoms with Crippen molar-refractivity contribution in [2.24, 2.45) is 0 Å². The van der Waals surface area contributed by atoms with Crippen molar-refractivity contribution in [3.05, 3.63) is 28.8 Å². The molecule has 1 aromatic rings. The quantitative estimate of drug-likeness (QED) is 0.723. The lowest BCUT2D eigenvalue weighted by molar-refractivity contribution is 0.475. The number of aromatic hydroxyl groups is 1. The van der Waals surface area contributed by atoms with Gasteiger partial charge >= 0.3 is 0 Å². The fourth-order valence-corrected chi connectivity index (χ4v) is 1.49. The topological polar surface area (TPSA) is 20.2 Å². The Kier molecular flexibility index (Phi) is 2.57. The molecule has 54 valence electrons. The number of alkyl halides is 1. The van der Waals surface area contributed by atoms with E-state index < -0.39 is 0 Å². The summed E-state index contributed by atoms with van der Waals surface area (Å²) in [6.45, 7) is 0. The number of hydrogen-bond acceptors (Lipinski definition) is 1.